The van der Waals surface area contributed by atoms with Crippen LogP contribution in [0.5, 0.6) is 0 Å². The van der Waals surface area contributed by atoms with Gasteiger partial charge in [-0.2, -0.15) is 0 Å². The highest BCUT2D eigenvalue weighted by Gasteiger charge is 2.43. The highest BCUT2D eigenvalue weighted by molar-refractivity contribution is 6.06. The molecule has 2 fully saturated rings. The first-order valence-corrected chi connectivity index (χ1v) is 16.5. The molecule has 0 saturated heterocycles. The van der Waals surface area contributed by atoms with Crippen molar-refractivity contribution in [1.29, 1.82) is 0 Å². The van der Waals surface area contributed by atoms with Gasteiger partial charge in [-0.1, -0.05) is 62.5 Å². The van der Waals surface area contributed by atoms with Crippen molar-refractivity contribution >= 4 is 34.5 Å². The summed E-state index contributed by atoms with van der Waals surface area (Å²) in [6.45, 7) is 2.89. The van der Waals surface area contributed by atoms with Gasteiger partial charge in [-0.15, -0.1) is 0 Å². The Bertz CT molecular complexity index is 1720. The third kappa shape index (κ3) is 5.25. The molecule has 2 saturated carbocycles. The molecule has 1 aliphatic heterocycles. The monoisotopic (exact) mass is 586 g/mol. The molecule has 0 spiro atoms. The Morgan fingerprint density at radius 3 is 2.52 bits per heavy atom. The minimum Gasteiger partial charge on any atom is -0.340 e. The fourth-order valence-electron chi connectivity index (χ4n) is 7.90. The van der Waals surface area contributed by atoms with Crippen LogP contribution in [0, 0.1) is 0 Å². The summed E-state index contributed by atoms with van der Waals surface area (Å²) in [5, 5.41) is 7.57. The highest BCUT2D eigenvalue weighted by atomic mass is 16.2. The van der Waals surface area contributed by atoms with E-state index in [4.69, 9.17) is 4.98 Å². The van der Waals surface area contributed by atoms with E-state index in [1.165, 1.54) is 60.0 Å². The number of aromatic nitrogens is 2. The summed E-state index contributed by atoms with van der Waals surface area (Å²) in [5.74, 6) is 0.201. The lowest BCUT2D eigenvalue weighted by Crippen LogP contribution is -2.55. The van der Waals surface area contributed by atoms with E-state index in [0.717, 1.165) is 49.0 Å². The Kier molecular flexibility index (Phi) is 7.84. The van der Waals surface area contributed by atoms with Crippen molar-refractivity contribution in [1.82, 2.24) is 14.9 Å². The molecule has 2 amide bonds. The first-order chi connectivity index (χ1) is 21.6. The van der Waals surface area contributed by atoms with Gasteiger partial charge in [-0.3, -0.25) is 14.6 Å². The second kappa shape index (κ2) is 12.1. The van der Waals surface area contributed by atoms with Crippen LogP contribution in [0.25, 0.3) is 28.2 Å². The largest absolute Gasteiger partial charge is 0.340 e. The summed E-state index contributed by atoms with van der Waals surface area (Å²) in [4.78, 5) is 32.4. The van der Waals surface area contributed by atoms with Crippen LogP contribution in [0.4, 0.5) is 5.69 Å². The molecule has 3 aliphatic rings. The van der Waals surface area contributed by atoms with E-state index < -0.39 is 5.54 Å². The first-order valence-electron chi connectivity index (χ1n) is 16.5. The van der Waals surface area contributed by atoms with Crippen LogP contribution >= 0.6 is 0 Å². The van der Waals surface area contributed by atoms with E-state index in [1.807, 2.05) is 55.6 Å². The van der Waals surface area contributed by atoms with Crippen LogP contribution in [0.3, 0.4) is 0 Å². The molecule has 2 aromatic heterocycles. The number of amides is 2. The molecule has 0 unspecified atom stereocenters. The van der Waals surface area contributed by atoms with Crippen LogP contribution in [0.2, 0.25) is 0 Å². The second-order valence-electron chi connectivity index (χ2n) is 12.9. The van der Waals surface area contributed by atoms with Crippen LogP contribution < -0.4 is 10.6 Å². The van der Waals surface area contributed by atoms with Gasteiger partial charge >= 0.3 is 0 Å². The van der Waals surface area contributed by atoms with E-state index in [1.54, 1.807) is 0 Å². The number of nitrogens with zero attached hydrogens (tertiary/aromatic N) is 2. The maximum absolute atomic E-state index is 13.9. The van der Waals surface area contributed by atoms with Crippen molar-refractivity contribution in [3.63, 3.8) is 0 Å². The number of rotatable bonds is 6. The molecule has 44 heavy (non-hydrogen) atoms. The number of aryl methyl sites for hydroxylation is 2. The zero-order chi connectivity index (χ0) is 30.1. The summed E-state index contributed by atoms with van der Waals surface area (Å²) in [7, 11) is 0. The average Bonchev–Trinajstić information content (AvgIpc) is 3.60. The lowest BCUT2D eigenvalue weighted by molar-refractivity contribution is -0.122. The van der Waals surface area contributed by atoms with E-state index in [2.05, 4.69) is 39.5 Å². The molecular formula is C38H42N4O2. The van der Waals surface area contributed by atoms with Crippen LogP contribution in [-0.4, -0.2) is 26.9 Å². The molecule has 0 radical (unpaired) electrons. The van der Waals surface area contributed by atoms with Gasteiger partial charge in [0.05, 0.1) is 5.69 Å². The van der Waals surface area contributed by atoms with Crippen LogP contribution in [0.15, 0.2) is 66.9 Å². The molecule has 2 aliphatic carbocycles. The quantitative estimate of drug-likeness (QED) is 0.238. The number of benzene rings is 2. The van der Waals surface area contributed by atoms with E-state index in [9.17, 15) is 9.59 Å². The van der Waals surface area contributed by atoms with Crippen molar-refractivity contribution in [2.75, 3.05) is 5.32 Å². The molecule has 0 atom stereocenters. The number of carbonyl (C=O) groups excluding carboxylic acids is 2. The predicted molar refractivity (Wildman–Crippen MR) is 178 cm³/mol. The molecule has 6 nitrogen and oxygen atoms in total. The summed E-state index contributed by atoms with van der Waals surface area (Å²) < 4.78 is 2.46. The van der Waals surface area contributed by atoms with Gasteiger partial charge in [0.25, 0.3) is 5.91 Å². The van der Waals surface area contributed by atoms with Gasteiger partial charge in [0.1, 0.15) is 5.54 Å². The van der Waals surface area contributed by atoms with Gasteiger partial charge in [0.15, 0.2) is 0 Å². The molecule has 226 valence electrons. The van der Waals surface area contributed by atoms with E-state index in [-0.39, 0.29) is 11.8 Å². The highest BCUT2D eigenvalue weighted by Crippen LogP contribution is 2.46. The minimum absolute atomic E-state index is 0.136. The molecule has 3 heterocycles. The predicted octanol–water partition coefficient (Wildman–Crippen LogP) is 8.41. The molecule has 4 aromatic rings. The van der Waals surface area contributed by atoms with Gasteiger partial charge in [-0.25, -0.2) is 0 Å². The lowest BCUT2D eigenvalue weighted by atomic mass is 9.81. The van der Waals surface area contributed by atoms with Crippen molar-refractivity contribution < 1.29 is 9.59 Å². The number of carbonyl (C=O) groups is 2. The minimum atomic E-state index is -0.915. The maximum atomic E-state index is 13.9. The van der Waals surface area contributed by atoms with Crippen LogP contribution in [0.1, 0.15) is 104 Å². The van der Waals surface area contributed by atoms with Crippen LogP contribution in [-0.2, 0) is 17.8 Å². The Morgan fingerprint density at radius 1 is 0.955 bits per heavy atom. The maximum Gasteiger partial charge on any atom is 0.252 e. The summed E-state index contributed by atoms with van der Waals surface area (Å²) in [6.07, 6.45) is 17.3. The Labute approximate surface area is 260 Å². The van der Waals surface area contributed by atoms with Gasteiger partial charge in [0, 0.05) is 46.2 Å². The van der Waals surface area contributed by atoms with Crippen molar-refractivity contribution in [3.8, 4) is 11.3 Å². The number of nitrogens with one attached hydrogen (secondary N) is 2. The Morgan fingerprint density at radius 2 is 1.75 bits per heavy atom. The summed E-state index contributed by atoms with van der Waals surface area (Å²) >= 11 is 0. The van der Waals surface area contributed by atoms with Gasteiger partial charge in [0.2, 0.25) is 5.91 Å². The fourth-order valence-corrected chi connectivity index (χ4v) is 7.90. The first kappa shape index (κ1) is 28.6. The standard InChI is InChI=1S/C38H42N4O2/c1-2-10-26-15-18-29(19-16-26)40-37(44)38(21-6-7-22-38)41-36(43)28-17-20-31-33(25-28)42-24-9-14-32-30(13-8-23-39-32)35(42)34(31)27-11-4-3-5-12-27/h2,8,10,13,15-20,23,25,27H,3-7,9,11-12,14,21-22,24H2,1H3,(H,40,44)(H,41,43)/b10-2+. The smallest absolute Gasteiger partial charge is 0.252 e. The molecular weight excluding hydrogens is 544 g/mol. The van der Waals surface area contributed by atoms with E-state index >= 15 is 0 Å². The molecule has 6 heteroatoms. The van der Waals surface area contributed by atoms with Crippen molar-refractivity contribution in [3.05, 3.63) is 89.3 Å². The van der Waals surface area contributed by atoms with E-state index in [0.29, 0.717) is 24.3 Å². The summed E-state index contributed by atoms with van der Waals surface area (Å²) in [6, 6.07) is 18.3. The molecule has 2 N–H and O–H groups in total. The van der Waals surface area contributed by atoms with Crippen molar-refractivity contribution in [2.45, 2.75) is 95.6 Å². The molecule has 0 bridgehead atoms. The van der Waals surface area contributed by atoms with Gasteiger partial charge < -0.3 is 15.2 Å². The zero-order valence-corrected chi connectivity index (χ0v) is 25.7. The lowest BCUT2D eigenvalue weighted by Gasteiger charge is -2.29. The Balaban J connectivity index is 1.22. The van der Waals surface area contributed by atoms with Gasteiger partial charge in [-0.05, 0) is 98.9 Å². The number of hydrogen-bond donors (Lipinski definition) is 2. The average molecular weight is 587 g/mol. The number of fused-ring (bicyclic) bond motifs is 5. The second-order valence-corrected chi connectivity index (χ2v) is 12.9. The molecule has 7 rings (SSSR count). The molecule has 2 aromatic carbocycles. The van der Waals surface area contributed by atoms with Crippen molar-refractivity contribution in [2.24, 2.45) is 0 Å². The SMILES string of the molecule is C/C=C/c1ccc(NC(=O)C2(NC(=O)c3ccc4c(C5CCCCC5)c5n(c4c3)CCCc3ncccc3-5)CCCC2)cc1. The Hall–Kier alpha value is -4.19. The topological polar surface area (TPSA) is 76.0 Å². The third-order valence-electron chi connectivity index (χ3n) is 10.1. The number of hydrogen-bond acceptors (Lipinski definition) is 3. The number of allylic oxidation sites excluding steroid dienone is 1. The zero-order valence-electron chi connectivity index (χ0n) is 25.7. The normalized spacial score (nSPS) is 18.1. The third-order valence-corrected chi connectivity index (χ3v) is 10.1. The fraction of sp³-hybridized carbons (Fsp3) is 0.395. The summed E-state index contributed by atoms with van der Waals surface area (Å²) in [5.41, 5.74) is 7.80. The number of anilines is 1. The number of pyridine rings is 1.